The molecule has 0 unspecified atom stereocenters. The van der Waals surface area contributed by atoms with E-state index in [9.17, 15) is 9.18 Å². The second kappa shape index (κ2) is 6.73. The van der Waals surface area contributed by atoms with Gasteiger partial charge < -0.3 is 10.1 Å². The van der Waals surface area contributed by atoms with Crippen LogP contribution < -0.4 is 10.1 Å². The summed E-state index contributed by atoms with van der Waals surface area (Å²) in [5.74, 6) is -0.743. The zero-order chi connectivity index (χ0) is 15.2. The molecule has 0 saturated heterocycles. The number of nitriles is 1. The van der Waals surface area contributed by atoms with E-state index < -0.39 is 11.7 Å². The molecule has 1 amide bonds. The number of hydrogen-bond donors (Lipinski definition) is 1. The van der Waals surface area contributed by atoms with Crippen molar-refractivity contribution < 1.29 is 13.9 Å². The first-order valence-corrected chi connectivity index (χ1v) is 6.35. The van der Waals surface area contributed by atoms with Gasteiger partial charge >= 0.3 is 0 Å². The number of carbonyl (C=O) groups is 1. The van der Waals surface area contributed by atoms with Gasteiger partial charge in [0.25, 0.3) is 5.91 Å². The first-order chi connectivity index (χ1) is 10.1. The molecule has 0 fully saturated rings. The molecule has 2 rings (SSSR count). The highest BCUT2D eigenvalue weighted by atomic mass is 35.5. The minimum Gasteiger partial charge on any atom is -0.479 e. The van der Waals surface area contributed by atoms with Crippen molar-refractivity contribution in [1.29, 1.82) is 5.26 Å². The molecule has 2 aromatic carbocycles. The van der Waals surface area contributed by atoms with Gasteiger partial charge in [0, 0.05) is 11.8 Å². The van der Waals surface area contributed by atoms with Crippen molar-refractivity contribution in [2.45, 2.75) is 0 Å². The van der Waals surface area contributed by atoms with Crippen LogP contribution in [0.15, 0.2) is 42.5 Å². The van der Waals surface area contributed by atoms with Crippen molar-refractivity contribution in [3.8, 4) is 11.8 Å². The number of carbonyl (C=O) groups excluding carboxylic acids is 1. The van der Waals surface area contributed by atoms with Gasteiger partial charge in [0.1, 0.15) is 17.6 Å². The fourth-order valence-electron chi connectivity index (χ4n) is 1.66. The molecule has 6 heteroatoms. The fourth-order valence-corrected chi connectivity index (χ4v) is 1.87. The molecular weight excluding hydrogens is 295 g/mol. The Hall–Kier alpha value is -2.58. The van der Waals surface area contributed by atoms with Crippen LogP contribution in [0.1, 0.15) is 10.4 Å². The van der Waals surface area contributed by atoms with Gasteiger partial charge in [-0.3, -0.25) is 4.79 Å². The molecule has 0 aliphatic rings. The average Bonchev–Trinajstić information content (AvgIpc) is 2.48. The Morgan fingerprint density at radius 3 is 2.86 bits per heavy atom. The molecule has 21 heavy (non-hydrogen) atoms. The van der Waals surface area contributed by atoms with Gasteiger partial charge in [0.05, 0.1) is 10.6 Å². The fraction of sp³-hybridized carbons (Fsp3) is 0.0667. The van der Waals surface area contributed by atoms with E-state index in [-0.39, 0.29) is 17.2 Å². The average molecular weight is 305 g/mol. The molecule has 0 saturated carbocycles. The van der Waals surface area contributed by atoms with Crippen molar-refractivity contribution in [1.82, 2.24) is 0 Å². The number of benzene rings is 2. The molecule has 0 spiro atoms. The van der Waals surface area contributed by atoms with Crippen LogP contribution in [0.2, 0.25) is 5.02 Å². The molecule has 0 aliphatic heterocycles. The monoisotopic (exact) mass is 304 g/mol. The van der Waals surface area contributed by atoms with Crippen LogP contribution in [0.25, 0.3) is 0 Å². The number of hydrogen-bond acceptors (Lipinski definition) is 3. The quantitative estimate of drug-likeness (QED) is 0.938. The Kier molecular flexibility index (Phi) is 4.75. The first-order valence-electron chi connectivity index (χ1n) is 5.97. The second-order valence-corrected chi connectivity index (χ2v) is 4.41. The largest absolute Gasteiger partial charge is 0.479 e. The van der Waals surface area contributed by atoms with Crippen LogP contribution in [0.5, 0.6) is 5.75 Å². The standard InChI is InChI=1S/C15H10ClFN2O2/c16-14-12(5-2-6-13(14)17)15(20)19-10-3-1-4-11(9-10)21-8-7-18/h1-6,9H,8H2,(H,19,20). The van der Waals surface area contributed by atoms with E-state index in [0.29, 0.717) is 11.4 Å². The summed E-state index contributed by atoms with van der Waals surface area (Å²) in [7, 11) is 0. The predicted molar refractivity (Wildman–Crippen MR) is 76.9 cm³/mol. The number of amides is 1. The second-order valence-electron chi connectivity index (χ2n) is 4.03. The van der Waals surface area contributed by atoms with Crippen molar-refractivity contribution in [3.63, 3.8) is 0 Å². The lowest BCUT2D eigenvalue weighted by atomic mass is 10.2. The van der Waals surface area contributed by atoms with E-state index >= 15 is 0 Å². The molecule has 0 bridgehead atoms. The molecule has 0 aliphatic carbocycles. The van der Waals surface area contributed by atoms with Crippen LogP contribution in [-0.2, 0) is 0 Å². The highest BCUT2D eigenvalue weighted by molar-refractivity contribution is 6.34. The molecule has 0 aromatic heterocycles. The highest BCUT2D eigenvalue weighted by Crippen LogP contribution is 2.22. The lowest BCUT2D eigenvalue weighted by molar-refractivity contribution is 0.102. The summed E-state index contributed by atoms with van der Waals surface area (Å²) in [5, 5.41) is 10.8. The third-order valence-corrected chi connectivity index (χ3v) is 2.98. The van der Waals surface area contributed by atoms with E-state index in [1.165, 1.54) is 18.2 Å². The van der Waals surface area contributed by atoms with Gasteiger partial charge in [-0.1, -0.05) is 23.7 Å². The number of anilines is 1. The maximum absolute atomic E-state index is 13.3. The Bertz CT molecular complexity index is 713. The predicted octanol–water partition coefficient (Wildman–Crippen LogP) is 3.63. The SMILES string of the molecule is N#CCOc1cccc(NC(=O)c2cccc(F)c2Cl)c1. The van der Waals surface area contributed by atoms with Crippen molar-refractivity contribution in [2.75, 3.05) is 11.9 Å². The zero-order valence-corrected chi connectivity index (χ0v) is 11.5. The summed E-state index contributed by atoms with van der Waals surface area (Å²) in [5.41, 5.74) is 0.496. The van der Waals surface area contributed by atoms with Crippen LogP contribution >= 0.6 is 11.6 Å². The van der Waals surface area contributed by atoms with Gasteiger partial charge in [0.2, 0.25) is 0 Å². The molecule has 0 radical (unpaired) electrons. The normalized spacial score (nSPS) is 9.76. The van der Waals surface area contributed by atoms with Crippen LogP contribution in [-0.4, -0.2) is 12.5 Å². The minimum absolute atomic E-state index is 0.0417. The van der Waals surface area contributed by atoms with Crippen LogP contribution in [0, 0.1) is 17.1 Å². The van der Waals surface area contributed by atoms with Crippen molar-refractivity contribution >= 4 is 23.2 Å². The first kappa shape index (κ1) is 14.8. The molecule has 2 aromatic rings. The van der Waals surface area contributed by atoms with E-state index in [4.69, 9.17) is 21.6 Å². The summed E-state index contributed by atoms with van der Waals surface area (Å²) in [6.07, 6.45) is 0. The molecule has 1 N–H and O–H groups in total. The summed E-state index contributed by atoms with van der Waals surface area (Å²) in [6, 6.07) is 12.4. The van der Waals surface area contributed by atoms with Gasteiger partial charge in [0.15, 0.2) is 6.61 Å². The topological polar surface area (TPSA) is 62.1 Å². The summed E-state index contributed by atoms with van der Waals surface area (Å²) in [4.78, 5) is 12.1. The van der Waals surface area contributed by atoms with Gasteiger partial charge in [-0.15, -0.1) is 0 Å². The van der Waals surface area contributed by atoms with E-state index in [2.05, 4.69) is 5.32 Å². The van der Waals surface area contributed by atoms with E-state index in [1.807, 2.05) is 6.07 Å². The summed E-state index contributed by atoms with van der Waals surface area (Å²) < 4.78 is 18.4. The minimum atomic E-state index is -0.657. The molecule has 106 valence electrons. The van der Waals surface area contributed by atoms with E-state index in [1.54, 1.807) is 24.3 Å². The third kappa shape index (κ3) is 3.71. The number of nitrogens with one attached hydrogen (secondary N) is 1. The third-order valence-electron chi connectivity index (χ3n) is 2.59. The number of nitrogens with zero attached hydrogens (tertiary/aromatic N) is 1. The molecule has 0 heterocycles. The Labute approximate surface area is 125 Å². The summed E-state index contributed by atoms with van der Waals surface area (Å²) >= 11 is 5.76. The van der Waals surface area contributed by atoms with Crippen LogP contribution in [0.3, 0.4) is 0 Å². The van der Waals surface area contributed by atoms with Gasteiger partial charge in [-0.2, -0.15) is 5.26 Å². The number of rotatable bonds is 4. The molecule has 4 nitrogen and oxygen atoms in total. The Balaban J connectivity index is 2.16. The maximum Gasteiger partial charge on any atom is 0.257 e. The van der Waals surface area contributed by atoms with Crippen molar-refractivity contribution in [2.24, 2.45) is 0 Å². The number of halogens is 2. The highest BCUT2D eigenvalue weighted by Gasteiger charge is 2.13. The van der Waals surface area contributed by atoms with Crippen molar-refractivity contribution in [3.05, 3.63) is 58.9 Å². The molecule has 0 atom stereocenters. The zero-order valence-electron chi connectivity index (χ0n) is 10.8. The van der Waals surface area contributed by atoms with Crippen LogP contribution in [0.4, 0.5) is 10.1 Å². The van der Waals surface area contributed by atoms with E-state index in [0.717, 1.165) is 0 Å². The van der Waals surface area contributed by atoms with Gasteiger partial charge in [-0.25, -0.2) is 4.39 Å². The maximum atomic E-state index is 13.3. The molecular formula is C15H10ClFN2O2. The lowest BCUT2D eigenvalue weighted by Gasteiger charge is -2.08. The smallest absolute Gasteiger partial charge is 0.257 e. The summed E-state index contributed by atoms with van der Waals surface area (Å²) in [6.45, 7) is -0.0902. The lowest BCUT2D eigenvalue weighted by Crippen LogP contribution is -2.13. The van der Waals surface area contributed by atoms with Gasteiger partial charge in [-0.05, 0) is 24.3 Å². The Morgan fingerprint density at radius 1 is 1.33 bits per heavy atom. The Morgan fingerprint density at radius 2 is 2.10 bits per heavy atom. The number of ether oxygens (including phenoxy) is 1.